The second-order valence-corrected chi connectivity index (χ2v) is 6.21. The van der Waals surface area contributed by atoms with Crippen LogP contribution in [0.5, 0.6) is 0 Å². The van der Waals surface area contributed by atoms with E-state index in [1.807, 2.05) is 36.1 Å². The lowest BCUT2D eigenvalue weighted by atomic mass is 10.0. The van der Waals surface area contributed by atoms with E-state index in [2.05, 4.69) is 10.1 Å². The van der Waals surface area contributed by atoms with Crippen LogP contribution in [0.2, 0.25) is 0 Å². The maximum atomic E-state index is 12.4. The minimum atomic E-state index is -0.0950. The average Bonchev–Trinajstić information content (AvgIpc) is 3.12. The Bertz CT molecular complexity index is 687. The molecule has 2 aromatic rings. The molecule has 1 aliphatic heterocycles. The van der Waals surface area contributed by atoms with Gasteiger partial charge in [-0.15, -0.1) is 12.4 Å². The van der Waals surface area contributed by atoms with Crippen molar-refractivity contribution in [2.24, 2.45) is 5.73 Å². The van der Waals surface area contributed by atoms with Gasteiger partial charge in [-0.25, -0.2) is 0 Å². The van der Waals surface area contributed by atoms with Crippen molar-refractivity contribution in [1.82, 2.24) is 15.0 Å². The first-order valence-electron chi connectivity index (χ1n) is 8.65. The summed E-state index contributed by atoms with van der Waals surface area (Å²) in [5.41, 5.74) is 7.58. The number of nitrogens with zero attached hydrogens (tertiary/aromatic N) is 3. The molecule has 2 heterocycles. The van der Waals surface area contributed by atoms with E-state index in [0.717, 1.165) is 43.4 Å². The molecule has 1 saturated heterocycles. The molecule has 1 unspecified atom stereocenters. The van der Waals surface area contributed by atoms with Crippen molar-refractivity contribution >= 4 is 18.3 Å². The van der Waals surface area contributed by atoms with Crippen molar-refractivity contribution in [3.8, 4) is 11.4 Å². The van der Waals surface area contributed by atoms with E-state index in [1.165, 1.54) is 0 Å². The highest BCUT2D eigenvalue weighted by Gasteiger charge is 2.31. The summed E-state index contributed by atoms with van der Waals surface area (Å²) in [7, 11) is 0. The van der Waals surface area contributed by atoms with Gasteiger partial charge in [0.05, 0.1) is 0 Å². The number of halogens is 1. The third-order valence-corrected chi connectivity index (χ3v) is 4.46. The second kappa shape index (κ2) is 8.97. The van der Waals surface area contributed by atoms with E-state index in [4.69, 9.17) is 10.3 Å². The summed E-state index contributed by atoms with van der Waals surface area (Å²) in [6.07, 6.45) is 4.41. The van der Waals surface area contributed by atoms with Gasteiger partial charge in [-0.2, -0.15) is 4.98 Å². The number of hydrogen-bond donors (Lipinski definition) is 1. The third-order valence-electron chi connectivity index (χ3n) is 4.46. The zero-order valence-electron chi connectivity index (χ0n) is 14.5. The molecule has 6 nitrogen and oxygen atoms in total. The highest BCUT2D eigenvalue weighted by molar-refractivity contribution is 5.85. The Hall–Kier alpha value is -1.92. The highest BCUT2D eigenvalue weighted by atomic mass is 35.5. The van der Waals surface area contributed by atoms with Crippen molar-refractivity contribution in [3.05, 3.63) is 35.7 Å². The molecule has 1 amide bonds. The van der Waals surface area contributed by atoms with Crippen molar-refractivity contribution < 1.29 is 9.32 Å². The van der Waals surface area contributed by atoms with Gasteiger partial charge in [0.25, 0.3) is 0 Å². The number of rotatable bonds is 5. The fourth-order valence-corrected chi connectivity index (χ4v) is 3.12. The summed E-state index contributed by atoms with van der Waals surface area (Å²) in [6, 6.07) is 7.71. The van der Waals surface area contributed by atoms with Crippen molar-refractivity contribution in [2.45, 2.75) is 51.6 Å². The first-order chi connectivity index (χ1) is 11.7. The van der Waals surface area contributed by atoms with E-state index in [9.17, 15) is 4.79 Å². The number of amides is 1. The molecule has 7 heteroatoms. The number of carbonyl (C=O) groups is 1. The summed E-state index contributed by atoms with van der Waals surface area (Å²) in [5, 5.41) is 4.10. The van der Waals surface area contributed by atoms with Crippen LogP contribution < -0.4 is 5.73 Å². The summed E-state index contributed by atoms with van der Waals surface area (Å²) >= 11 is 0. The minimum absolute atomic E-state index is 0. The predicted octanol–water partition coefficient (Wildman–Crippen LogP) is 3.47. The molecule has 2 N–H and O–H groups in total. The Labute approximate surface area is 154 Å². The van der Waals surface area contributed by atoms with Gasteiger partial charge in [-0.05, 0) is 31.2 Å². The lowest BCUT2D eigenvalue weighted by molar-refractivity contribution is -0.135. The van der Waals surface area contributed by atoms with Gasteiger partial charge in [0.1, 0.15) is 6.04 Å². The molecule has 1 aliphatic rings. The van der Waals surface area contributed by atoms with E-state index in [-0.39, 0.29) is 24.4 Å². The van der Waals surface area contributed by atoms with Gasteiger partial charge in [0.2, 0.25) is 17.6 Å². The molecule has 0 radical (unpaired) electrons. The van der Waals surface area contributed by atoms with E-state index in [0.29, 0.717) is 24.7 Å². The summed E-state index contributed by atoms with van der Waals surface area (Å²) in [5.74, 6) is 1.27. The summed E-state index contributed by atoms with van der Waals surface area (Å²) < 4.78 is 5.49. The van der Waals surface area contributed by atoms with Crippen LogP contribution in [-0.2, 0) is 11.3 Å². The second-order valence-electron chi connectivity index (χ2n) is 6.21. The first-order valence-corrected chi connectivity index (χ1v) is 8.65. The molecular weight excluding hydrogens is 340 g/mol. The zero-order chi connectivity index (χ0) is 16.9. The quantitative estimate of drug-likeness (QED) is 0.877. The zero-order valence-corrected chi connectivity index (χ0v) is 15.3. The van der Waals surface area contributed by atoms with Crippen LogP contribution in [0.1, 0.15) is 56.5 Å². The van der Waals surface area contributed by atoms with E-state index < -0.39 is 0 Å². The number of benzene rings is 1. The van der Waals surface area contributed by atoms with Crippen LogP contribution in [0, 0.1) is 0 Å². The van der Waals surface area contributed by atoms with Crippen LogP contribution in [0.15, 0.2) is 28.8 Å². The Morgan fingerprint density at radius 1 is 1.32 bits per heavy atom. The van der Waals surface area contributed by atoms with Gasteiger partial charge in [0.15, 0.2) is 0 Å². The molecular formula is C18H25ClN4O2. The fourth-order valence-electron chi connectivity index (χ4n) is 3.12. The molecule has 0 saturated carbocycles. The van der Waals surface area contributed by atoms with Crippen molar-refractivity contribution in [2.75, 3.05) is 6.54 Å². The van der Waals surface area contributed by atoms with Crippen molar-refractivity contribution in [3.63, 3.8) is 0 Å². The topological polar surface area (TPSA) is 85.2 Å². The number of carbonyl (C=O) groups excluding carboxylic acids is 1. The molecule has 0 spiro atoms. The largest absolute Gasteiger partial charge is 0.337 e. The van der Waals surface area contributed by atoms with Crippen LogP contribution in [0.4, 0.5) is 0 Å². The maximum absolute atomic E-state index is 12.4. The fraction of sp³-hybridized carbons (Fsp3) is 0.500. The van der Waals surface area contributed by atoms with E-state index in [1.54, 1.807) is 0 Å². The van der Waals surface area contributed by atoms with Gasteiger partial charge in [0, 0.05) is 25.1 Å². The smallest absolute Gasteiger partial charge is 0.249 e. The van der Waals surface area contributed by atoms with Gasteiger partial charge < -0.3 is 15.2 Å². The standard InChI is InChI=1S/C18H24N4O2.ClH/c1-2-5-16(23)22-11-4-3-6-15(22)18-20-17(21-24-18)14-9-7-13(12-19)8-10-14;/h7-10,15H,2-6,11-12,19H2,1H3;1H. The summed E-state index contributed by atoms with van der Waals surface area (Å²) in [6.45, 7) is 3.30. The normalized spacial score (nSPS) is 17.2. The van der Waals surface area contributed by atoms with Crippen LogP contribution in [0.25, 0.3) is 11.4 Å². The van der Waals surface area contributed by atoms with Crippen LogP contribution in [0.3, 0.4) is 0 Å². The Morgan fingerprint density at radius 3 is 2.76 bits per heavy atom. The summed E-state index contributed by atoms with van der Waals surface area (Å²) in [4.78, 5) is 18.8. The molecule has 3 rings (SSSR count). The Balaban J connectivity index is 0.00000225. The lowest BCUT2D eigenvalue weighted by Crippen LogP contribution is -2.38. The third kappa shape index (κ3) is 4.38. The highest BCUT2D eigenvalue weighted by Crippen LogP contribution is 2.31. The SMILES string of the molecule is CCCC(=O)N1CCCCC1c1nc(-c2ccc(CN)cc2)no1.Cl. The number of likely N-dealkylation sites (tertiary alicyclic amines) is 1. The molecule has 0 aliphatic carbocycles. The van der Waals surface area contributed by atoms with Crippen LogP contribution in [-0.4, -0.2) is 27.5 Å². The van der Waals surface area contributed by atoms with E-state index >= 15 is 0 Å². The molecule has 1 aromatic carbocycles. The number of hydrogen-bond acceptors (Lipinski definition) is 5. The molecule has 25 heavy (non-hydrogen) atoms. The van der Waals surface area contributed by atoms with Crippen LogP contribution >= 0.6 is 12.4 Å². The Kier molecular flexibility index (Phi) is 6.96. The number of piperidine rings is 1. The van der Waals surface area contributed by atoms with Gasteiger partial charge in [-0.3, -0.25) is 4.79 Å². The maximum Gasteiger partial charge on any atom is 0.249 e. The molecule has 136 valence electrons. The molecule has 1 aromatic heterocycles. The first kappa shape index (κ1) is 19.4. The van der Waals surface area contributed by atoms with Crippen molar-refractivity contribution in [1.29, 1.82) is 0 Å². The number of nitrogens with two attached hydrogens (primary N) is 1. The predicted molar refractivity (Wildman–Crippen MR) is 98.1 cm³/mol. The lowest BCUT2D eigenvalue weighted by Gasteiger charge is -2.33. The molecule has 1 atom stereocenters. The number of aromatic nitrogens is 2. The molecule has 1 fully saturated rings. The minimum Gasteiger partial charge on any atom is -0.337 e. The molecule has 0 bridgehead atoms. The Morgan fingerprint density at radius 2 is 2.08 bits per heavy atom. The average molecular weight is 365 g/mol. The van der Waals surface area contributed by atoms with Gasteiger partial charge in [-0.1, -0.05) is 36.3 Å². The monoisotopic (exact) mass is 364 g/mol. The van der Waals surface area contributed by atoms with Gasteiger partial charge >= 0.3 is 0 Å².